The molecule has 2 aromatic heterocycles. The number of anilines is 1. The Labute approximate surface area is 108 Å². The Bertz CT molecular complexity index is 729. The predicted molar refractivity (Wildman–Crippen MR) is 69.5 cm³/mol. The lowest BCUT2D eigenvalue weighted by molar-refractivity contribution is 0.102. The summed E-state index contributed by atoms with van der Waals surface area (Å²) < 4.78 is 0. The number of hydrogen-bond acceptors (Lipinski definition) is 5. The number of nitrogens with zero attached hydrogens (tertiary/aromatic N) is 4. The van der Waals surface area contributed by atoms with Gasteiger partial charge in [0.15, 0.2) is 0 Å². The number of benzene rings is 1. The van der Waals surface area contributed by atoms with Crippen LogP contribution in [0.4, 0.5) is 5.95 Å². The molecule has 19 heavy (non-hydrogen) atoms. The lowest BCUT2D eigenvalue weighted by atomic mass is 10.2. The molecule has 3 aromatic rings. The van der Waals surface area contributed by atoms with Crippen LogP contribution in [0.15, 0.2) is 49.1 Å². The minimum Gasteiger partial charge on any atom is -0.290 e. The molecule has 0 spiro atoms. The molecule has 0 aliphatic heterocycles. The summed E-state index contributed by atoms with van der Waals surface area (Å²) >= 11 is 0. The molecule has 0 bridgehead atoms. The fraction of sp³-hybridized carbons (Fsp3) is 0. The maximum atomic E-state index is 12.0. The first-order valence-corrected chi connectivity index (χ1v) is 5.62. The highest BCUT2D eigenvalue weighted by Crippen LogP contribution is 2.11. The maximum Gasteiger partial charge on any atom is 0.258 e. The minimum atomic E-state index is -0.279. The Morgan fingerprint density at radius 2 is 1.63 bits per heavy atom. The van der Waals surface area contributed by atoms with Crippen molar-refractivity contribution in [2.75, 3.05) is 5.32 Å². The van der Waals surface area contributed by atoms with E-state index in [1.54, 1.807) is 49.1 Å². The predicted octanol–water partition coefficient (Wildman–Crippen LogP) is 1.67. The molecule has 92 valence electrons. The second kappa shape index (κ2) is 4.77. The van der Waals surface area contributed by atoms with Gasteiger partial charge in [0.1, 0.15) is 0 Å². The lowest BCUT2D eigenvalue weighted by Crippen LogP contribution is -2.13. The van der Waals surface area contributed by atoms with Crippen molar-refractivity contribution >= 4 is 22.9 Å². The Hall–Kier alpha value is -2.89. The summed E-state index contributed by atoms with van der Waals surface area (Å²) in [5.74, 6) is -0.00880. The third-order valence-corrected chi connectivity index (χ3v) is 2.52. The van der Waals surface area contributed by atoms with Crippen molar-refractivity contribution in [1.29, 1.82) is 0 Å². The van der Waals surface area contributed by atoms with Crippen LogP contribution in [0.25, 0.3) is 11.0 Å². The number of nitrogens with one attached hydrogen (secondary N) is 1. The average molecular weight is 251 g/mol. The largest absolute Gasteiger partial charge is 0.290 e. The molecule has 2 heterocycles. The van der Waals surface area contributed by atoms with Crippen LogP contribution in [0.2, 0.25) is 0 Å². The Morgan fingerprint density at radius 1 is 0.895 bits per heavy atom. The van der Waals surface area contributed by atoms with Crippen LogP contribution in [0, 0.1) is 0 Å². The van der Waals surface area contributed by atoms with Crippen molar-refractivity contribution in [3.63, 3.8) is 0 Å². The number of carbonyl (C=O) groups excluding carboxylic acids is 1. The van der Waals surface area contributed by atoms with Crippen molar-refractivity contribution in [2.45, 2.75) is 0 Å². The molecule has 0 fully saturated rings. The molecule has 6 nitrogen and oxygen atoms in total. The molecule has 1 aromatic carbocycles. The zero-order valence-corrected chi connectivity index (χ0v) is 9.82. The molecule has 0 radical (unpaired) electrons. The van der Waals surface area contributed by atoms with Crippen LogP contribution in [-0.2, 0) is 0 Å². The average Bonchev–Trinajstić information content (AvgIpc) is 2.48. The molecule has 0 unspecified atom stereocenters. The Kier molecular flexibility index (Phi) is 2.82. The van der Waals surface area contributed by atoms with Gasteiger partial charge in [0.25, 0.3) is 5.91 Å². The summed E-state index contributed by atoms with van der Waals surface area (Å²) in [5.41, 5.74) is 1.90. The minimum absolute atomic E-state index is 0.270. The van der Waals surface area contributed by atoms with E-state index in [9.17, 15) is 4.79 Å². The highest BCUT2D eigenvalue weighted by Gasteiger charge is 2.08. The molecule has 0 saturated carbocycles. The highest BCUT2D eigenvalue weighted by molar-refractivity contribution is 6.04. The first-order valence-electron chi connectivity index (χ1n) is 5.62. The van der Waals surface area contributed by atoms with E-state index in [0.717, 1.165) is 5.52 Å². The van der Waals surface area contributed by atoms with E-state index in [1.165, 1.54) is 0 Å². The van der Waals surface area contributed by atoms with Gasteiger partial charge >= 0.3 is 0 Å². The number of fused-ring (bicyclic) bond motifs is 1. The topological polar surface area (TPSA) is 80.7 Å². The van der Waals surface area contributed by atoms with E-state index in [1.807, 2.05) is 0 Å². The summed E-state index contributed by atoms with van der Waals surface area (Å²) in [6, 6.07) is 6.81. The van der Waals surface area contributed by atoms with Gasteiger partial charge < -0.3 is 0 Å². The second-order valence-electron chi connectivity index (χ2n) is 3.79. The SMILES string of the molecule is O=C(Nc1ncccn1)c1ccc2nccnc2c1. The molecule has 3 rings (SSSR count). The molecule has 1 amide bonds. The number of amides is 1. The summed E-state index contributed by atoms with van der Waals surface area (Å²) in [4.78, 5) is 28.2. The molecule has 6 heteroatoms. The van der Waals surface area contributed by atoms with Gasteiger partial charge in [-0.2, -0.15) is 0 Å². The normalized spacial score (nSPS) is 10.3. The van der Waals surface area contributed by atoms with Gasteiger partial charge in [-0.25, -0.2) is 9.97 Å². The van der Waals surface area contributed by atoms with E-state index in [-0.39, 0.29) is 11.9 Å². The monoisotopic (exact) mass is 251 g/mol. The molecular weight excluding hydrogens is 242 g/mol. The highest BCUT2D eigenvalue weighted by atomic mass is 16.1. The third-order valence-electron chi connectivity index (χ3n) is 2.52. The molecule has 0 saturated heterocycles. The van der Waals surface area contributed by atoms with Crippen molar-refractivity contribution in [3.8, 4) is 0 Å². The smallest absolute Gasteiger partial charge is 0.258 e. The van der Waals surface area contributed by atoms with Gasteiger partial charge in [-0.3, -0.25) is 20.1 Å². The van der Waals surface area contributed by atoms with Crippen LogP contribution in [-0.4, -0.2) is 25.8 Å². The van der Waals surface area contributed by atoms with E-state index in [2.05, 4.69) is 25.3 Å². The van der Waals surface area contributed by atoms with Gasteiger partial charge in [0.2, 0.25) is 5.95 Å². The number of aromatic nitrogens is 4. The van der Waals surface area contributed by atoms with Crippen molar-refractivity contribution < 1.29 is 4.79 Å². The van der Waals surface area contributed by atoms with Crippen molar-refractivity contribution in [2.24, 2.45) is 0 Å². The fourth-order valence-corrected chi connectivity index (χ4v) is 1.64. The first kappa shape index (κ1) is 11.2. The van der Waals surface area contributed by atoms with Gasteiger partial charge in [-0.05, 0) is 24.3 Å². The van der Waals surface area contributed by atoms with E-state index in [4.69, 9.17) is 0 Å². The van der Waals surface area contributed by atoms with Crippen LogP contribution in [0.1, 0.15) is 10.4 Å². The Balaban J connectivity index is 1.89. The molecule has 1 N–H and O–H groups in total. The molecule has 0 atom stereocenters. The fourth-order valence-electron chi connectivity index (χ4n) is 1.64. The van der Waals surface area contributed by atoms with Crippen LogP contribution < -0.4 is 5.32 Å². The number of carbonyl (C=O) groups is 1. The van der Waals surface area contributed by atoms with Gasteiger partial charge in [0, 0.05) is 30.4 Å². The van der Waals surface area contributed by atoms with Crippen LogP contribution in [0.3, 0.4) is 0 Å². The second-order valence-corrected chi connectivity index (χ2v) is 3.79. The molecule has 0 aliphatic carbocycles. The zero-order valence-electron chi connectivity index (χ0n) is 9.82. The third kappa shape index (κ3) is 2.37. The first-order chi connectivity index (χ1) is 9.33. The van der Waals surface area contributed by atoms with E-state index >= 15 is 0 Å². The number of hydrogen-bond donors (Lipinski definition) is 1. The summed E-state index contributed by atoms with van der Waals surface area (Å²) in [7, 11) is 0. The van der Waals surface area contributed by atoms with Crippen molar-refractivity contribution in [1.82, 2.24) is 19.9 Å². The summed E-state index contributed by atoms with van der Waals surface area (Å²) in [6.45, 7) is 0. The standard InChI is InChI=1S/C13H9N5O/c19-12(18-13-16-4-1-5-17-13)9-2-3-10-11(8-9)15-7-6-14-10/h1-8H,(H,16,17,18,19). The zero-order chi connectivity index (χ0) is 13.1. The van der Waals surface area contributed by atoms with Crippen LogP contribution >= 0.6 is 0 Å². The molecule has 0 aliphatic rings. The lowest BCUT2D eigenvalue weighted by Gasteiger charge is -2.03. The Morgan fingerprint density at radius 3 is 2.42 bits per heavy atom. The quantitative estimate of drug-likeness (QED) is 0.749. The van der Waals surface area contributed by atoms with Crippen molar-refractivity contribution in [3.05, 3.63) is 54.6 Å². The van der Waals surface area contributed by atoms with Gasteiger partial charge in [-0.1, -0.05) is 0 Å². The summed E-state index contributed by atoms with van der Waals surface area (Å²) in [5, 5.41) is 2.61. The van der Waals surface area contributed by atoms with Gasteiger partial charge in [-0.15, -0.1) is 0 Å². The van der Waals surface area contributed by atoms with Crippen LogP contribution in [0.5, 0.6) is 0 Å². The van der Waals surface area contributed by atoms with E-state index < -0.39 is 0 Å². The van der Waals surface area contributed by atoms with E-state index in [0.29, 0.717) is 11.1 Å². The van der Waals surface area contributed by atoms with Gasteiger partial charge in [0.05, 0.1) is 11.0 Å². The maximum absolute atomic E-state index is 12.0. The molecular formula is C13H9N5O. The number of rotatable bonds is 2. The summed E-state index contributed by atoms with van der Waals surface area (Å²) in [6.07, 6.45) is 6.33.